The van der Waals surface area contributed by atoms with E-state index in [-0.39, 0.29) is 5.91 Å². The van der Waals surface area contributed by atoms with Gasteiger partial charge in [0, 0.05) is 5.69 Å². The molecule has 0 saturated carbocycles. The van der Waals surface area contributed by atoms with E-state index in [4.69, 9.17) is 23.2 Å². The van der Waals surface area contributed by atoms with E-state index >= 15 is 0 Å². The molecule has 120 valence electrons. The van der Waals surface area contributed by atoms with Gasteiger partial charge in [0.1, 0.15) is 6.04 Å². The molecule has 2 rings (SSSR count). The van der Waals surface area contributed by atoms with Crippen LogP contribution in [-0.2, 0) is 4.79 Å². The molecule has 0 bridgehead atoms. The van der Waals surface area contributed by atoms with Gasteiger partial charge in [-0.05, 0) is 37.6 Å². The molecule has 4 nitrogen and oxygen atoms in total. The van der Waals surface area contributed by atoms with Gasteiger partial charge in [-0.1, -0.05) is 53.0 Å². The molecule has 0 aliphatic carbocycles. The van der Waals surface area contributed by atoms with Gasteiger partial charge in [0.2, 0.25) is 0 Å². The number of anilines is 1. The first kappa shape index (κ1) is 17.3. The molecule has 2 aromatic carbocycles. The molecule has 0 saturated heterocycles. The summed E-state index contributed by atoms with van der Waals surface area (Å²) in [6, 6.07) is 12.5. The SMILES string of the molecule is Cc1ccc(/C=N\NC(=O)[C@@H](C)Nc2ccc(Cl)c(Cl)c2)cc1. The van der Waals surface area contributed by atoms with Gasteiger partial charge in [0.05, 0.1) is 16.3 Å². The molecular formula is C17H17Cl2N3O. The molecule has 1 amide bonds. The minimum Gasteiger partial charge on any atom is -0.374 e. The lowest BCUT2D eigenvalue weighted by Gasteiger charge is -2.13. The maximum atomic E-state index is 12.0. The van der Waals surface area contributed by atoms with Crippen LogP contribution in [0.25, 0.3) is 0 Å². The van der Waals surface area contributed by atoms with Crippen molar-refractivity contribution in [1.29, 1.82) is 0 Å². The molecule has 0 aliphatic heterocycles. The van der Waals surface area contributed by atoms with Crippen LogP contribution in [0.1, 0.15) is 18.1 Å². The number of hydrogen-bond donors (Lipinski definition) is 2. The van der Waals surface area contributed by atoms with Crippen molar-refractivity contribution in [2.75, 3.05) is 5.32 Å². The number of hydrogen-bond acceptors (Lipinski definition) is 3. The van der Waals surface area contributed by atoms with Gasteiger partial charge in [-0.25, -0.2) is 5.43 Å². The van der Waals surface area contributed by atoms with E-state index in [1.54, 1.807) is 31.3 Å². The second-order valence-corrected chi connectivity index (χ2v) is 5.95. The topological polar surface area (TPSA) is 53.5 Å². The predicted molar refractivity (Wildman–Crippen MR) is 96.5 cm³/mol. The fraction of sp³-hybridized carbons (Fsp3) is 0.176. The average molecular weight is 350 g/mol. The Balaban J connectivity index is 1.89. The van der Waals surface area contributed by atoms with E-state index in [1.165, 1.54) is 5.56 Å². The van der Waals surface area contributed by atoms with Crippen LogP contribution < -0.4 is 10.7 Å². The average Bonchev–Trinajstić information content (AvgIpc) is 2.52. The van der Waals surface area contributed by atoms with E-state index in [0.29, 0.717) is 15.7 Å². The zero-order chi connectivity index (χ0) is 16.8. The van der Waals surface area contributed by atoms with Crippen molar-refractivity contribution in [3.63, 3.8) is 0 Å². The Morgan fingerprint density at radius 3 is 2.48 bits per heavy atom. The fourth-order valence-corrected chi connectivity index (χ4v) is 2.12. The summed E-state index contributed by atoms with van der Waals surface area (Å²) in [5.41, 5.74) is 5.30. The molecule has 0 unspecified atom stereocenters. The molecule has 1 atom stereocenters. The first-order valence-electron chi connectivity index (χ1n) is 7.07. The number of hydrazone groups is 1. The van der Waals surface area contributed by atoms with Crippen molar-refractivity contribution in [3.05, 3.63) is 63.6 Å². The van der Waals surface area contributed by atoms with Crippen molar-refractivity contribution in [2.24, 2.45) is 5.10 Å². The first-order chi connectivity index (χ1) is 11.0. The molecule has 0 aliphatic rings. The predicted octanol–water partition coefficient (Wildman–Crippen LogP) is 4.25. The van der Waals surface area contributed by atoms with Crippen LogP contribution in [0, 0.1) is 6.92 Å². The van der Waals surface area contributed by atoms with Crippen molar-refractivity contribution in [3.8, 4) is 0 Å². The number of carbonyl (C=O) groups is 1. The molecule has 0 aromatic heterocycles. The zero-order valence-corrected chi connectivity index (χ0v) is 14.3. The number of aryl methyl sites for hydroxylation is 1. The number of benzene rings is 2. The minimum absolute atomic E-state index is 0.251. The molecule has 2 N–H and O–H groups in total. The standard InChI is InChI=1S/C17H17Cl2N3O/c1-11-3-5-13(6-4-11)10-20-22-17(23)12(2)21-14-7-8-15(18)16(19)9-14/h3-10,12,21H,1-2H3,(H,22,23)/b20-10-/t12-/m1/s1. The number of nitrogens with one attached hydrogen (secondary N) is 2. The third kappa shape index (κ3) is 5.27. The van der Waals surface area contributed by atoms with Crippen LogP contribution in [0.2, 0.25) is 10.0 Å². The summed E-state index contributed by atoms with van der Waals surface area (Å²) >= 11 is 11.8. The fourth-order valence-electron chi connectivity index (χ4n) is 1.82. The summed E-state index contributed by atoms with van der Waals surface area (Å²) < 4.78 is 0. The normalized spacial score (nSPS) is 12.2. The van der Waals surface area contributed by atoms with Crippen LogP contribution in [-0.4, -0.2) is 18.2 Å². The van der Waals surface area contributed by atoms with Gasteiger partial charge in [-0.2, -0.15) is 5.10 Å². The highest BCUT2D eigenvalue weighted by Crippen LogP contribution is 2.25. The third-order valence-corrected chi connectivity index (χ3v) is 3.90. The number of carbonyl (C=O) groups excluding carboxylic acids is 1. The summed E-state index contributed by atoms with van der Waals surface area (Å²) in [5.74, 6) is -0.251. The van der Waals surface area contributed by atoms with E-state index < -0.39 is 6.04 Å². The highest BCUT2D eigenvalue weighted by molar-refractivity contribution is 6.42. The Kier molecular flexibility index (Phi) is 6.02. The maximum absolute atomic E-state index is 12.0. The molecule has 0 heterocycles. The second-order valence-electron chi connectivity index (χ2n) is 5.14. The number of rotatable bonds is 5. The molecular weight excluding hydrogens is 333 g/mol. The second kappa shape index (κ2) is 7.99. The Bertz CT molecular complexity index is 714. The minimum atomic E-state index is -0.470. The lowest BCUT2D eigenvalue weighted by atomic mass is 10.2. The highest BCUT2D eigenvalue weighted by Gasteiger charge is 2.12. The molecule has 0 spiro atoms. The first-order valence-corrected chi connectivity index (χ1v) is 7.82. The van der Waals surface area contributed by atoms with Crippen LogP contribution in [0.15, 0.2) is 47.6 Å². The molecule has 0 fully saturated rings. The number of halogens is 2. The number of nitrogens with zero attached hydrogens (tertiary/aromatic N) is 1. The van der Waals surface area contributed by atoms with Crippen molar-refractivity contribution < 1.29 is 4.79 Å². The Labute approximate surface area is 145 Å². The highest BCUT2D eigenvalue weighted by atomic mass is 35.5. The summed E-state index contributed by atoms with van der Waals surface area (Å²) in [6.07, 6.45) is 1.60. The van der Waals surface area contributed by atoms with Crippen molar-refractivity contribution in [1.82, 2.24) is 5.43 Å². The third-order valence-electron chi connectivity index (χ3n) is 3.16. The Hall–Kier alpha value is -2.04. The van der Waals surface area contributed by atoms with Gasteiger partial charge < -0.3 is 5.32 Å². The monoisotopic (exact) mass is 349 g/mol. The van der Waals surface area contributed by atoms with Gasteiger partial charge in [-0.3, -0.25) is 4.79 Å². The summed E-state index contributed by atoms with van der Waals surface area (Å²) in [4.78, 5) is 12.0. The van der Waals surface area contributed by atoms with Crippen LogP contribution in [0.4, 0.5) is 5.69 Å². The van der Waals surface area contributed by atoms with Crippen LogP contribution >= 0.6 is 23.2 Å². The van der Waals surface area contributed by atoms with Crippen molar-refractivity contribution >= 4 is 41.0 Å². The van der Waals surface area contributed by atoms with E-state index in [2.05, 4.69) is 15.8 Å². The molecule has 2 aromatic rings. The van der Waals surface area contributed by atoms with Gasteiger partial charge in [0.25, 0.3) is 5.91 Å². The Morgan fingerprint density at radius 1 is 1.13 bits per heavy atom. The van der Waals surface area contributed by atoms with Gasteiger partial charge in [0.15, 0.2) is 0 Å². The summed E-state index contributed by atoms with van der Waals surface area (Å²) in [5, 5.41) is 7.89. The number of amides is 1. The molecule has 23 heavy (non-hydrogen) atoms. The van der Waals surface area contributed by atoms with Crippen LogP contribution in [0.5, 0.6) is 0 Å². The van der Waals surface area contributed by atoms with E-state index in [0.717, 1.165) is 5.56 Å². The van der Waals surface area contributed by atoms with E-state index in [9.17, 15) is 4.79 Å². The largest absolute Gasteiger partial charge is 0.374 e. The smallest absolute Gasteiger partial charge is 0.262 e. The molecule has 0 radical (unpaired) electrons. The summed E-state index contributed by atoms with van der Waals surface area (Å²) in [6.45, 7) is 3.75. The van der Waals surface area contributed by atoms with Crippen LogP contribution in [0.3, 0.4) is 0 Å². The zero-order valence-electron chi connectivity index (χ0n) is 12.8. The lowest BCUT2D eigenvalue weighted by molar-refractivity contribution is -0.121. The maximum Gasteiger partial charge on any atom is 0.262 e. The van der Waals surface area contributed by atoms with E-state index in [1.807, 2.05) is 31.2 Å². The molecule has 6 heteroatoms. The lowest BCUT2D eigenvalue weighted by Crippen LogP contribution is -2.34. The quantitative estimate of drug-likeness (QED) is 0.626. The van der Waals surface area contributed by atoms with Gasteiger partial charge >= 0.3 is 0 Å². The van der Waals surface area contributed by atoms with Crippen molar-refractivity contribution in [2.45, 2.75) is 19.9 Å². The van der Waals surface area contributed by atoms with Gasteiger partial charge in [-0.15, -0.1) is 0 Å². The Morgan fingerprint density at radius 2 is 1.83 bits per heavy atom. The summed E-state index contributed by atoms with van der Waals surface area (Å²) in [7, 11) is 0.